The van der Waals surface area contributed by atoms with Crippen LogP contribution in [-0.2, 0) is 0 Å². The fourth-order valence-corrected chi connectivity index (χ4v) is 2.48. The average molecular weight is 348 g/mol. The number of benzene rings is 2. The van der Waals surface area contributed by atoms with E-state index in [1.807, 2.05) is 0 Å². The SMILES string of the molecule is NNC(c1cc(F)cc(Br)c1)c1ccc(Cl)cc1F. The first-order valence-corrected chi connectivity index (χ1v) is 6.55. The summed E-state index contributed by atoms with van der Waals surface area (Å²) in [4.78, 5) is 0. The van der Waals surface area contributed by atoms with Crippen LogP contribution in [-0.4, -0.2) is 0 Å². The fourth-order valence-electron chi connectivity index (χ4n) is 1.84. The third-order valence-corrected chi connectivity index (χ3v) is 3.35. The van der Waals surface area contributed by atoms with Crippen molar-refractivity contribution in [3.8, 4) is 0 Å². The largest absolute Gasteiger partial charge is 0.271 e. The Bertz CT molecular complexity index is 587. The van der Waals surface area contributed by atoms with Gasteiger partial charge in [-0.1, -0.05) is 33.6 Å². The van der Waals surface area contributed by atoms with Crippen LogP contribution in [0.3, 0.4) is 0 Å². The minimum Gasteiger partial charge on any atom is -0.271 e. The molecule has 19 heavy (non-hydrogen) atoms. The van der Waals surface area contributed by atoms with E-state index in [1.54, 1.807) is 12.1 Å². The van der Waals surface area contributed by atoms with E-state index in [2.05, 4.69) is 21.4 Å². The normalized spacial score (nSPS) is 12.5. The van der Waals surface area contributed by atoms with Crippen molar-refractivity contribution < 1.29 is 8.78 Å². The van der Waals surface area contributed by atoms with E-state index >= 15 is 0 Å². The van der Waals surface area contributed by atoms with Gasteiger partial charge >= 0.3 is 0 Å². The van der Waals surface area contributed by atoms with Gasteiger partial charge in [0.15, 0.2) is 0 Å². The summed E-state index contributed by atoms with van der Waals surface area (Å²) < 4.78 is 27.8. The molecule has 2 rings (SSSR count). The van der Waals surface area contributed by atoms with E-state index in [9.17, 15) is 8.78 Å². The number of hydrogen-bond acceptors (Lipinski definition) is 2. The maximum atomic E-state index is 13.9. The number of rotatable bonds is 3. The number of nitrogens with one attached hydrogen (secondary N) is 1. The first kappa shape index (κ1) is 14.4. The summed E-state index contributed by atoms with van der Waals surface area (Å²) >= 11 is 8.89. The van der Waals surface area contributed by atoms with Crippen molar-refractivity contribution in [3.05, 3.63) is 68.7 Å². The van der Waals surface area contributed by atoms with E-state index < -0.39 is 17.7 Å². The maximum Gasteiger partial charge on any atom is 0.129 e. The summed E-state index contributed by atoms with van der Waals surface area (Å²) in [5.41, 5.74) is 3.28. The zero-order chi connectivity index (χ0) is 14.0. The molecule has 2 aromatic rings. The third-order valence-electron chi connectivity index (χ3n) is 2.66. The van der Waals surface area contributed by atoms with Crippen LogP contribution in [0, 0.1) is 11.6 Å². The summed E-state index contributed by atoms with van der Waals surface area (Å²) in [6.45, 7) is 0. The molecule has 6 heteroatoms. The molecule has 0 aliphatic heterocycles. The van der Waals surface area contributed by atoms with Crippen molar-refractivity contribution >= 4 is 27.5 Å². The van der Waals surface area contributed by atoms with E-state index in [4.69, 9.17) is 17.4 Å². The van der Waals surface area contributed by atoms with Gasteiger partial charge in [0.05, 0.1) is 6.04 Å². The molecule has 1 atom stereocenters. The molecule has 1 unspecified atom stereocenters. The van der Waals surface area contributed by atoms with Crippen molar-refractivity contribution in [1.29, 1.82) is 0 Å². The highest BCUT2D eigenvalue weighted by atomic mass is 79.9. The van der Waals surface area contributed by atoms with Crippen LogP contribution in [0.4, 0.5) is 8.78 Å². The lowest BCUT2D eigenvalue weighted by molar-refractivity contribution is 0.555. The Hall–Kier alpha value is -1.01. The van der Waals surface area contributed by atoms with E-state index in [-0.39, 0.29) is 5.02 Å². The van der Waals surface area contributed by atoms with Gasteiger partial charge in [-0.05, 0) is 35.9 Å². The third kappa shape index (κ3) is 3.30. The van der Waals surface area contributed by atoms with Crippen LogP contribution in [0.2, 0.25) is 5.02 Å². The minimum atomic E-state index is -0.663. The van der Waals surface area contributed by atoms with Gasteiger partial charge in [0.25, 0.3) is 0 Å². The van der Waals surface area contributed by atoms with Crippen LogP contribution >= 0.6 is 27.5 Å². The lowest BCUT2D eigenvalue weighted by Gasteiger charge is -2.18. The molecule has 0 radical (unpaired) electrons. The smallest absolute Gasteiger partial charge is 0.129 e. The molecule has 0 aromatic heterocycles. The van der Waals surface area contributed by atoms with Crippen molar-refractivity contribution in [1.82, 2.24) is 5.43 Å². The van der Waals surface area contributed by atoms with Crippen LogP contribution in [0.1, 0.15) is 17.2 Å². The maximum absolute atomic E-state index is 13.9. The molecular formula is C13H10BrClF2N2. The lowest BCUT2D eigenvalue weighted by Crippen LogP contribution is -2.29. The van der Waals surface area contributed by atoms with Crippen LogP contribution in [0.15, 0.2) is 40.9 Å². The molecule has 3 N–H and O–H groups in total. The lowest BCUT2D eigenvalue weighted by atomic mass is 9.99. The number of hydrazine groups is 1. The molecule has 0 aliphatic rings. The fraction of sp³-hybridized carbons (Fsp3) is 0.0769. The Balaban J connectivity index is 2.49. The molecule has 0 aliphatic carbocycles. The quantitative estimate of drug-likeness (QED) is 0.652. The first-order chi connectivity index (χ1) is 9.01. The standard InChI is InChI=1S/C13H10BrClF2N2/c14-8-3-7(4-10(16)5-8)13(19-18)11-2-1-9(15)6-12(11)17/h1-6,13,19H,18H2. The molecule has 0 spiro atoms. The average Bonchev–Trinajstić information content (AvgIpc) is 2.31. The molecule has 0 heterocycles. The minimum absolute atomic E-state index is 0.289. The summed E-state index contributed by atoms with van der Waals surface area (Å²) in [5.74, 6) is 4.52. The summed E-state index contributed by atoms with van der Waals surface area (Å²) in [6, 6.07) is 7.87. The molecular weight excluding hydrogens is 338 g/mol. The van der Waals surface area contributed by atoms with Crippen molar-refractivity contribution in [2.45, 2.75) is 6.04 Å². The van der Waals surface area contributed by atoms with Crippen LogP contribution in [0.5, 0.6) is 0 Å². The summed E-state index contributed by atoms with van der Waals surface area (Å²) in [7, 11) is 0. The van der Waals surface area contributed by atoms with Gasteiger partial charge in [-0.2, -0.15) is 0 Å². The molecule has 0 fully saturated rings. The van der Waals surface area contributed by atoms with Gasteiger partial charge in [-0.3, -0.25) is 5.84 Å². The Labute approximate surface area is 122 Å². The highest BCUT2D eigenvalue weighted by Crippen LogP contribution is 2.28. The van der Waals surface area contributed by atoms with E-state index in [1.165, 1.54) is 24.3 Å². The van der Waals surface area contributed by atoms with Crippen LogP contribution < -0.4 is 11.3 Å². The molecule has 100 valence electrons. The second kappa shape index (κ2) is 5.96. The molecule has 0 saturated carbocycles. The van der Waals surface area contributed by atoms with Gasteiger partial charge in [0.2, 0.25) is 0 Å². The molecule has 0 saturated heterocycles. The van der Waals surface area contributed by atoms with Crippen molar-refractivity contribution in [3.63, 3.8) is 0 Å². The van der Waals surface area contributed by atoms with Crippen molar-refractivity contribution in [2.75, 3.05) is 0 Å². The number of halogens is 4. The second-order valence-electron chi connectivity index (χ2n) is 3.97. The molecule has 2 aromatic carbocycles. The first-order valence-electron chi connectivity index (χ1n) is 5.38. The van der Waals surface area contributed by atoms with Gasteiger partial charge in [-0.25, -0.2) is 14.2 Å². The monoisotopic (exact) mass is 346 g/mol. The summed E-state index contributed by atoms with van der Waals surface area (Å²) in [5, 5.41) is 0.289. The van der Waals surface area contributed by atoms with E-state index in [0.717, 1.165) is 0 Å². The van der Waals surface area contributed by atoms with Gasteiger partial charge < -0.3 is 0 Å². The van der Waals surface area contributed by atoms with Crippen molar-refractivity contribution in [2.24, 2.45) is 5.84 Å². The zero-order valence-corrected chi connectivity index (χ0v) is 12.0. The van der Waals surface area contributed by atoms with Gasteiger partial charge in [0.1, 0.15) is 11.6 Å². The van der Waals surface area contributed by atoms with Crippen LogP contribution in [0.25, 0.3) is 0 Å². The number of hydrogen-bond donors (Lipinski definition) is 2. The highest BCUT2D eigenvalue weighted by Gasteiger charge is 2.18. The summed E-state index contributed by atoms with van der Waals surface area (Å²) in [6.07, 6.45) is 0. The van der Waals surface area contributed by atoms with Gasteiger partial charge in [0, 0.05) is 15.1 Å². The van der Waals surface area contributed by atoms with E-state index in [0.29, 0.717) is 15.6 Å². The highest BCUT2D eigenvalue weighted by molar-refractivity contribution is 9.10. The zero-order valence-electron chi connectivity index (χ0n) is 9.63. The predicted molar refractivity (Wildman–Crippen MR) is 74.7 cm³/mol. The van der Waals surface area contributed by atoms with Gasteiger partial charge in [-0.15, -0.1) is 0 Å². The predicted octanol–water partition coefficient (Wildman–Crippen LogP) is 3.93. The Morgan fingerprint density at radius 2 is 1.89 bits per heavy atom. The Morgan fingerprint density at radius 3 is 2.47 bits per heavy atom. The Morgan fingerprint density at radius 1 is 1.16 bits per heavy atom. The molecule has 0 bridgehead atoms. The topological polar surface area (TPSA) is 38.0 Å². The number of nitrogens with two attached hydrogens (primary N) is 1. The Kier molecular flexibility index (Phi) is 4.52. The molecule has 0 amide bonds. The molecule has 2 nitrogen and oxygen atoms in total. The second-order valence-corrected chi connectivity index (χ2v) is 5.32.